The minimum atomic E-state index is -0.430. The van der Waals surface area contributed by atoms with Crippen molar-refractivity contribution >= 4 is 11.6 Å². The summed E-state index contributed by atoms with van der Waals surface area (Å²) in [6, 6.07) is 11.5. The SMILES string of the molecule is COc1cc(O)ccc1N=NC(=O)c1ccc(C)cc1. The number of nitrogens with zero attached hydrogens (tertiary/aromatic N) is 2. The number of amides is 1. The lowest BCUT2D eigenvalue weighted by molar-refractivity contribution is 0.0995. The lowest BCUT2D eigenvalue weighted by Gasteiger charge is -2.03. The molecule has 2 aromatic carbocycles. The second kappa shape index (κ2) is 5.97. The monoisotopic (exact) mass is 270 g/mol. The Morgan fingerprint density at radius 1 is 1.15 bits per heavy atom. The molecule has 2 rings (SSSR count). The van der Waals surface area contributed by atoms with E-state index in [1.165, 1.54) is 25.3 Å². The predicted molar refractivity (Wildman–Crippen MR) is 74.7 cm³/mol. The van der Waals surface area contributed by atoms with Crippen molar-refractivity contribution in [1.29, 1.82) is 0 Å². The number of hydrogen-bond donors (Lipinski definition) is 1. The van der Waals surface area contributed by atoms with E-state index in [9.17, 15) is 9.90 Å². The van der Waals surface area contributed by atoms with Gasteiger partial charge < -0.3 is 9.84 Å². The van der Waals surface area contributed by atoms with Crippen LogP contribution in [0.25, 0.3) is 0 Å². The molecule has 0 radical (unpaired) electrons. The quantitative estimate of drug-likeness (QED) is 0.865. The Balaban J connectivity index is 2.21. The molecule has 1 amide bonds. The van der Waals surface area contributed by atoms with Crippen molar-refractivity contribution in [1.82, 2.24) is 0 Å². The molecule has 0 bridgehead atoms. The average molecular weight is 270 g/mol. The third-order valence-corrected chi connectivity index (χ3v) is 2.71. The van der Waals surface area contributed by atoms with Crippen LogP contribution in [-0.4, -0.2) is 18.1 Å². The summed E-state index contributed by atoms with van der Waals surface area (Å²) in [5, 5.41) is 16.8. The van der Waals surface area contributed by atoms with Crippen molar-refractivity contribution in [3.63, 3.8) is 0 Å². The molecule has 0 aromatic heterocycles. The van der Waals surface area contributed by atoms with E-state index in [2.05, 4.69) is 10.2 Å². The van der Waals surface area contributed by atoms with Crippen LogP contribution in [0.4, 0.5) is 5.69 Å². The molecule has 0 aliphatic rings. The first-order chi connectivity index (χ1) is 9.60. The van der Waals surface area contributed by atoms with Gasteiger partial charge in [-0.1, -0.05) is 17.7 Å². The number of azo groups is 1. The zero-order valence-electron chi connectivity index (χ0n) is 11.2. The molecule has 0 saturated heterocycles. The minimum absolute atomic E-state index is 0.0608. The normalized spacial score (nSPS) is 10.7. The Hall–Kier alpha value is -2.69. The van der Waals surface area contributed by atoms with Gasteiger partial charge in [-0.15, -0.1) is 10.2 Å². The highest BCUT2D eigenvalue weighted by molar-refractivity contribution is 5.94. The third kappa shape index (κ3) is 3.20. The first-order valence-corrected chi connectivity index (χ1v) is 6.00. The molecule has 20 heavy (non-hydrogen) atoms. The summed E-state index contributed by atoms with van der Waals surface area (Å²) in [6.07, 6.45) is 0. The molecule has 1 N–H and O–H groups in total. The third-order valence-electron chi connectivity index (χ3n) is 2.71. The largest absolute Gasteiger partial charge is 0.508 e. The highest BCUT2D eigenvalue weighted by atomic mass is 16.5. The van der Waals surface area contributed by atoms with Crippen molar-refractivity contribution in [2.75, 3.05) is 7.11 Å². The van der Waals surface area contributed by atoms with Crippen molar-refractivity contribution in [3.8, 4) is 11.5 Å². The lowest BCUT2D eigenvalue weighted by Crippen LogP contribution is -1.93. The van der Waals surface area contributed by atoms with Crippen LogP contribution in [0.3, 0.4) is 0 Å². The maximum absolute atomic E-state index is 11.8. The summed E-state index contributed by atoms with van der Waals surface area (Å²) >= 11 is 0. The second-order valence-electron chi connectivity index (χ2n) is 4.23. The van der Waals surface area contributed by atoms with Gasteiger partial charge in [-0.05, 0) is 31.2 Å². The fourth-order valence-electron chi connectivity index (χ4n) is 1.60. The molecule has 5 heteroatoms. The molecule has 0 aliphatic heterocycles. The summed E-state index contributed by atoms with van der Waals surface area (Å²) in [5.41, 5.74) is 1.92. The van der Waals surface area contributed by atoms with E-state index < -0.39 is 5.91 Å². The zero-order valence-corrected chi connectivity index (χ0v) is 11.2. The highest BCUT2D eigenvalue weighted by Crippen LogP contribution is 2.31. The van der Waals surface area contributed by atoms with Gasteiger partial charge in [0.15, 0.2) is 0 Å². The summed E-state index contributed by atoms with van der Waals surface area (Å²) < 4.78 is 5.05. The van der Waals surface area contributed by atoms with Gasteiger partial charge in [-0.2, -0.15) is 0 Å². The van der Waals surface area contributed by atoms with E-state index in [1.54, 1.807) is 12.1 Å². The highest BCUT2D eigenvalue weighted by Gasteiger charge is 2.06. The summed E-state index contributed by atoms with van der Waals surface area (Å²) in [4.78, 5) is 11.8. The van der Waals surface area contributed by atoms with Crippen LogP contribution < -0.4 is 4.74 Å². The molecule has 102 valence electrons. The number of phenolic OH excluding ortho intramolecular Hbond substituents is 1. The first-order valence-electron chi connectivity index (χ1n) is 6.00. The Kier molecular flexibility index (Phi) is 4.10. The molecule has 0 saturated carbocycles. The predicted octanol–water partition coefficient (Wildman–Crippen LogP) is 3.63. The van der Waals surface area contributed by atoms with Gasteiger partial charge in [0.2, 0.25) is 0 Å². The van der Waals surface area contributed by atoms with Crippen LogP contribution in [0, 0.1) is 6.92 Å². The van der Waals surface area contributed by atoms with Crippen LogP contribution in [-0.2, 0) is 0 Å². The fraction of sp³-hybridized carbons (Fsp3) is 0.133. The number of carbonyl (C=O) groups excluding carboxylic acids is 1. The van der Waals surface area contributed by atoms with Gasteiger partial charge in [-0.25, -0.2) is 0 Å². The molecular formula is C15H14N2O3. The van der Waals surface area contributed by atoms with E-state index in [-0.39, 0.29) is 5.75 Å². The number of phenols is 1. The van der Waals surface area contributed by atoms with Gasteiger partial charge in [-0.3, -0.25) is 4.79 Å². The zero-order chi connectivity index (χ0) is 14.5. The van der Waals surface area contributed by atoms with E-state index in [4.69, 9.17) is 4.74 Å². The average Bonchev–Trinajstić information content (AvgIpc) is 2.46. The molecule has 0 fully saturated rings. The Morgan fingerprint density at radius 3 is 2.50 bits per heavy atom. The molecule has 0 unspecified atom stereocenters. The van der Waals surface area contributed by atoms with E-state index in [0.29, 0.717) is 17.0 Å². The number of methoxy groups -OCH3 is 1. The Labute approximate surface area is 116 Å². The molecule has 5 nitrogen and oxygen atoms in total. The van der Waals surface area contributed by atoms with Crippen LogP contribution in [0.2, 0.25) is 0 Å². The van der Waals surface area contributed by atoms with E-state index in [1.807, 2.05) is 19.1 Å². The number of aryl methyl sites for hydroxylation is 1. The van der Waals surface area contributed by atoms with E-state index in [0.717, 1.165) is 5.56 Å². The molecular weight excluding hydrogens is 256 g/mol. The van der Waals surface area contributed by atoms with Crippen molar-refractivity contribution < 1.29 is 14.6 Å². The molecule has 0 atom stereocenters. The molecule has 0 spiro atoms. The lowest BCUT2D eigenvalue weighted by atomic mass is 10.1. The van der Waals surface area contributed by atoms with Gasteiger partial charge >= 0.3 is 0 Å². The van der Waals surface area contributed by atoms with E-state index >= 15 is 0 Å². The van der Waals surface area contributed by atoms with Gasteiger partial charge in [0, 0.05) is 11.6 Å². The van der Waals surface area contributed by atoms with Crippen molar-refractivity contribution in [3.05, 3.63) is 53.6 Å². The number of carbonyl (C=O) groups is 1. The number of benzene rings is 2. The number of aromatic hydroxyl groups is 1. The van der Waals surface area contributed by atoms with Crippen LogP contribution in [0.15, 0.2) is 52.7 Å². The standard InChI is InChI=1S/C15H14N2O3/c1-10-3-5-11(6-4-10)15(19)17-16-13-8-7-12(18)9-14(13)20-2/h3-9,18H,1-2H3. The smallest absolute Gasteiger partial charge is 0.295 e. The van der Waals surface area contributed by atoms with Crippen LogP contribution in [0.5, 0.6) is 11.5 Å². The number of ether oxygens (including phenoxy) is 1. The number of hydrogen-bond acceptors (Lipinski definition) is 4. The Bertz CT molecular complexity index is 649. The summed E-state index contributed by atoms with van der Waals surface area (Å²) in [5.74, 6) is -0.0174. The Morgan fingerprint density at radius 2 is 1.85 bits per heavy atom. The van der Waals surface area contributed by atoms with Gasteiger partial charge in [0.25, 0.3) is 5.91 Å². The topological polar surface area (TPSA) is 71.2 Å². The van der Waals surface area contributed by atoms with Crippen LogP contribution >= 0.6 is 0 Å². The number of rotatable bonds is 3. The maximum atomic E-state index is 11.8. The fourth-order valence-corrected chi connectivity index (χ4v) is 1.60. The first kappa shape index (κ1) is 13.7. The molecule has 0 aliphatic carbocycles. The van der Waals surface area contributed by atoms with Gasteiger partial charge in [0.1, 0.15) is 17.2 Å². The van der Waals surface area contributed by atoms with Crippen molar-refractivity contribution in [2.45, 2.75) is 6.92 Å². The molecule has 0 heterocycles. The van der Waals surface area contributed by atoms with Crippen molar-refractivity contribution in [2.24, 2.45) is 10.2 Å². The summed E-state index contributed by atoms with van der Waals surface area (Å²) in [6.45, 7) is 1.94. The minimum Gasteiger partial charge on any atom is -0.508 e. The second-order valence-corrected chi connectivity index (χ2v) is 4.23. The maximum Gasteiger partial charge on any atom is 0.295 e. The van der Waals surface area contributed by atoms with Gasteiger partial charge in [0.05, 0.1) is 7.11 Å². The summed E-state index contributed by atoms with van der Waals surface area (Å²) in [7, 11) is 1.45. The van der Waals surface area contributed by atoms with Crippen LogP contribution in [0.1, 0.15) is 15.9 Å². The molecule has 2 aromatic rings.